The molecule has 1 aromatic rings. The van der Waals surface area contributed by atoms with Crippen molar-refractivity contribution in [2.24, 2.45) is 0 Å². The lowest BCUT2D eigenvalue weighted by molar-refractivity contribution is 0.544. The van der Waals surface area contributed by atoms with E-state index in [2.05, 4.69) is 24.4 Å². The minimum Gasteiger partial charge on any atom is -0.316 e. The number of rotatable bonds is 7. The Kier molecular flexibility index (Phi) is 6.93. The van der Waals surface area contributed by atoms with Gasteiger partial charge in [0.1, 0.15) is 0 Å². The summed E-state index contributed by atoms with van der Waals surface area (Å²) in [5, 5.41) is 4.18. The van der Waals surface area contributed by atoms with Crippen molar-refractivity contribution in [1.29, 1.82) is 0 Å². The normalized spacial score (nSPS) is 12.7. The van der Waals surface area contributed by atoms with Gasteiger partial charge in [0.05, 0.1) is 0 Å². The minimum absolute atomic E-state index is 0.612. The summed E-state index contributed by atoms with van der Waals surface area (Å²) in [4.78, 5) is 1.29. The third kappa shape index (κ3) is 5.24. The molecule has 0 heterocycles. The predicted molar refractivity (Wildman–Crippen MR) is 74.5 cm³/mol. The highest BCUT2D eigenvalue weighted by atomic mass is 35.5. The standard InChI is InChI=1S/C13H20ClNS/c1-3-4-5-12(15-2)10-16-13-8-6-11(14)7-9-13/h6-9,12,15H,3-5,10H2,1-2H3. The molecule has 0 amide bonds. The van der Waals surface area contributed by atoms with E-state index in [1.807, 2.05) is 30.9 Å². The molecule has 1 atom stereocenters. The molecule has 0 radical (unpaired) electrons. The predicted octanol–water partition coefficient (Wildman–Crippen LogP) is 4.21. The van der Waals surface area contributed by atoms with Crippen molar-refractivity contribution in [2.75, 3.05) is 12.8 Å². The molecule has 0 saturated heterocycles. The molecule has 1 rings (SSSR count). The molecule has 0 aliphatic carbocycles. The fourth-order valence-electron chi connectivity index (χ4n) is 1.49. The fraction of sp³-hybridized carbons (Fsp3) is 0.538. The van der Waals surface area contributed by atoms with Crippen LogP contribution in [0, 0.1) is 0 Å². The van der Waals surface area contributed by atoms with Gasteiger partial charge in [-0.1, -0.05) is 31.4 Å². The van der Waals surface area contributed by atoms with Gasteiger partial charge in [-0.3, -0.25) is 0 Å². The molecule has 3 heteroatoms. The molecule has 16 heavy (non-hydrogen) atoms. The summed E-state index contributed by atoms with van der Waals surface area (Å²) in [5.41, 5.74) is 0. The van der Waals surface area contributed by atoms with Crippen LogP contribution in [0.2, 0.25) is 5.02 Å². The second-order valence-electron chi connectivity index (χ2n) is 3.89. The van der Waals surface area contributed by atoms with E-state index in [-0.39, 0.29) is 0 Å². The maximum Gasteiger partial charge on any atom is 0.0406 e. The Morgan fingerprint density at radius 1 is 1.31 bits per heavy atom. The molecule has 1 N–H and O–H groups in total. The lowest BCUT2D eigenvalue weighted by atomic mass is 10.1. The Balaban J connectivity index is 2.34. The fourth-order valence-corrected chi connectivity index (χ4v) is 2.67. The Morgan fingerprint density at radius 2 is 2.00 bits per heavy atom. The molecule has 0 saturated carbocycles. The lowest BCUT2D eigenvalue weighted by Crippen LogP contribution is -2.27. The largest absolute Gasteiger partial charge is 0.316 e. The van der Waals surface area contributed by atoms with Gasteiger partial charge in [-0.15, -0.1) is 11.8 Å². The highest BCUT2D eigenvalue weighted by Crippen LogP contribution is 2.21. The number of halogens is 1. The molecule has 0 aliphatic rings. The summed E-state index contributed by atoms with van der Waals surface area (Å²) in [5.74, 6) is 1.12. The summed E-state index contributed by atoms with van der Waals surface area (Å²) < 4.78 is 0. The van der Waals surface area contributed by atoms with Crippen molar-refractivity contribution in [3.8, 4) is 0 Å². The molecule has 0 aromatic heterocycles. The first-order valence-corrected chi connectivity index (χ1v) is 7.18. The Morgan fingerprint density at radius 3 is 2.56 bits per heavy atom. The van der Waals surface area contributed by atoms with Gasteiger partial charge < -0.3 is 5.32 Å². The van der Waals surface area contributed by atoms with Crippen LogP contribution in [0.1, 0.15) is 26.2 Å². The van der Waals surface area contributed by atoms with E-state index in [0.717, 1.165) is 10.8 Å². The minimum atomic E-state index is 0.612. The van der Waals surface area contributed by atoms with E-state index >= 15 is 0 Å². The molecule has 0 aliphatic heterocycles. The van der Waals surface area contributed by atoms with E-state index in [9.17, 15) is 0 Å². The zero-order chi connectivity index (χ0) is 11.8. The van der Waals surface area contributed by atoms with Crippen LogP contribution in [0.5, 0.6) is 0 Å². The van der Waals surface area contributed by atoms with Crippen molar-refractivity contribution < 1.29 is 0 Å². The monoisotopic (exact) mass is 257 g/mol. The van der Waals surface area contributed by atoms with E-state index in [1.165, 1.54) is 24.2 Å². The van der Waals surface area contributed by atoms with Crippen LogP contribution < -0.4 is 5.32 Å². The molecular weight excluding hydrogens is 238 g/mol. The van der Waals surface area contributed by atoms with Gasteiger partial charge in [0.2, 0.25) is 0 Å². The lowest BCUT2D eigenvalue weighted by Gasteiger charge is -2.15. The topological polar surface area (TPSA) is 12.0 Å². The summed E-state index contributed by atoms with van der Waals surface area (Å²) in [6.07, 6.45) is 3.82. The van der Waals surface area contributed by atoms with Crippen LogP contribution >= 0.6 is 23.4 Å². The molecule has 0 bridgehead atoms. The van der Waals surface area contributed by atoms with Gasteiger partial charge in [0, 0.05) is 21.7 Å². The summed E-state index contributed by atoms with van der Waals surface area (Å²) in [7, 11) is 2.04. The van der Waals surface area contributed by atoms with Crippen molar-refractivity contribution in [3.63, 3.8) is 0 Å². The SMILES string of the molecule is CCCCC(CSc1ccc(Cl)cc1)NC. The van der Waals surface area contributed by atoms with Crippen molar-refractivity contribution in [1.82, 2.24) is 5.32 Å². The van der Waals surface area contributed by atoms with E-state index < -0.39 is 0 Å². The summed E-state index contributed by atoms with van der Waals surface area (Å²) in [6, 6.07) is 8.67. The van der Waals surface area contributed by atoms with Crippen molar-refractivity contribution >= 4 is 23.4 Å². The molecule has 0 fully saturated rings. The number of benzene rings is 1. The molecular formula is C13H20ClNS. The highest BCUT2D eigenvalue weighted by Gasteiger charge is 2.05. The van der Waals surface area contributed by atoms with Gasteiger partial charge in [-0.25, -0.2) is 0 Å². The van der Waals surface area contributed by atoms with Crippen LogP contribution in [0.3, 0.4) is 0 Å². The first kappa shape index (κ1) is 13.9. The number of hydrogen-bond donors (Lipinski definition) is 1. The Labute approximate surface area is 108 Å². The number of thioether (sulfide) groups is 1. The van der Waals surface area contributed by atoms with Crippen molar-refractivity contribution in [3.05, 3.63) is 29.3 Å². The quantitative estimate of drug-likeness (QED) is 0.735. The third-order valence-corrected chi connectivity index (χ3v) is 4.01. The highest BCUT2D eigenvalue weighted by molar-refractivity contribution is 7.99. The molecule has 1 nitrogen and oxygen atoms in total. The van der Waals surface area contributed by atoms with Crippen LogP contribution in [-0.2, 0) is 0 Å². The smallest absolute Gasteiger partial charge is 0.0406 e. The van der Waals surface area contributed by atoms with Gasteiger partial charge in [-0.05, 0) is 37.7 Å². The van der Waals surface area contributed by atoms with Crippen LogP contribution in [0.15, 0.2) is 29.2 Å². The zero-order valence-electron chi connectivity index (χ0n) is 10.0. The third-order valence-electron chi connectivity index (χ3n) is 2.58. The number of hydrogen-bond acceptors (Lipinski definition) is 2. The second-order valence-corrected chi connectivity index (χ2v) is 5.42. The summed E-state index contributed by atoms with van der Waals surface area (Å²) in [6.45, 7) is 2.24. The summed E-state index contributed by atoms with van der Waals surface area (Å²) >= 11 is 7.74. The van der Waals surface area contributed by atoms with E-state index in [1.54, 1.807) is 0 Å². The van der Waals surface area contributed by atoms with Crippen LogP contribution in [-0.4, -0.2) is 18.8 Å². The van der Waals surface area contributed by atoms with Gasteiger partial charge >= 0.3 is 0 Å². The number of unbranched alkanes of at least 4 members (excludes halogenated alkanes) is 1. The Bertz CT molecular complexity index is 286. The first-order chi connectivity index (χ1) is 7.76. The van der Waals surface area contributed by atoms with Crippen LogP contribution in [0.4, 0.5) is 0 Å². The van der Waals surface area contributed by atoms with Gasteiger partial charge in [0.25, 0.3) is 0 Å². The maximum atomic E-state index is 5.85. The average Bonchev–Trinajstić information content (AvgIpc) is 2.32. The van der Waals surface area contributed by atoms with Crippen molar-refractivity contribution in [2.45, 2.75) is 37.1 Å². The van der Waals surface area contributed by atoms with Crippen LogP contribution in [0.25, 0.3) is 0 Å². The molecule has 90 valence electrons. The molecule has 1 aromatic carbocycles. The number of nitrogens with one attached hydrogen (secondary N) is 1. The average molecular weight is 258 g/mol. The van der Waals surface area contributed by atoms with E-state index in [0.29, 0.717) is 6.04 Å². The first-order valence-electron chi connectivity index (χ1n) is 5.82. The van der Waals surface area contributed by atoms with Gasteiger partial charge in [0.15, 0.2) is 0 Å². The Hall–Kier alpha value is -0.180. The molecule has 1 unspecified atom stereocenters. The maximum absolute atomic E-state index is 5.85. The van der Waals surface area contributed by atoms with E-state index in [4.69, 9.17) is 11.6 Å². The molecule has 0 spiro atoms. The second kappa shape index (κ2) is 7.99. The van der Waals surface area contributed by atoms with Gasteiger partial charge in [-0.2, -0.15) is 0 Å². The zero-order valence-corrected chi connectivity index (χ0v) is 11.6.